The van der Waals surface area contributed by atoms with Gasteiger partial charge in [-0.25, -0.2) is 9.78 Å². The van der Waals surface area contributed by atoms with E-state index in [1.54, 1.807) is 21.3 Å². The molecule has 0 saturated heterocycles. The summed E-state index contributed by atoms with van der Waals surface area (Å²) in [5, 5.41) is 0. The summed E-state index contributed by atoms with van der Waals surface area (Å²) in [5.74, 6) is 0. The van der Waals surface area contributed by atoms with Crippen LogP contribution in [0.3, 0.4) is 0 Å². The molecule has 0 aliphatic carbocycles. The first kappa shape index (κ1) is 17.9. The summed E-state index contributed by atoms with van der Waals surface area (Å²) < 4.78 is 3.39. The van der Waals surface area contributed by atoms with Crippen LogP contribution < -0.4 is 5.69 Å². The molecule has 134 valence electrons. The molecule has 2 aromatic heterocycles. The van der Waals surface area contributed by atoms with Crippen molar-refractivity contribution < 1.29 is 4.79 Å². The van der Waals surface area contributed by atoms with Crippen molar-refractivity contribution in [3.63, 3.8) is 0 Å². The normalized spacial score (nSPS) is 11.7. The van der Waals surface area contributed by atoms with E-state index in [1.165, 1.54) is 0 Å². The molecule has 0 radical (unpaired) electrons. The number of carbonyl (C=O) groups is 1. The Hall–Kier alpha value is -2.95. The molecule has 2 heterocycles. The van der Waals surface area contributed by atoms with E-state index in [2.05, 4.69) is 27.4 Å². The maximum absolute atomic E-state index is 12.9. The SMILES string of the molecule is C=CCn1c(=O)n(CC(C)(C)C)c2ccc(-c3ccccc3C=O)nc21. The highest BCUT2D eigenvalue weighted by molar-refractivity contribution is 5.88. The van der Waals surface area contributed by atoms with E-state index in [1.807, 2.05) is 30.3 Å². The van der Waals surface area contributed by atoms with E-state index in [0.717, 1.165) is 17.4 Å². The van der Waals surface area contributed by atoms with Crippen molar-refractivity contribution in [3.05, 3.63) is 65.1 Å². The van der Waals surface area contributed by atoms with Crippen LogP contribution in [0, 0.1) is 5.41 Å². The number of aldehydes is 1. The Morgan fingerprint density at radius 3 is 2.50 bits per heavy atom. The Labute approximate surface area is 152 Å². The highest BCUT2D eigenvalue weighted by atomic mass is 16.1. The Morgan fingerprint density at radius 2 is 1.85 bits per heavy atom. The van der Waals surface area contributed by atoms with Gasteiger partial charge in [-0.15, -0.1) is 6.58 Å². The lowest BCUT2D eigenvalue weighted by atomic mass is 9.97. The average Bonchev–Trinajstić information content (AvgIpc) is 2.86. The predicted octanol–water partition coefficient (Wildman–Crippen LogP) is 3.91. The molecule has 0 amide bonds. The Morgan fingerprint density at radius 1 is 1.12 bits per heavy atom. The fourth-order valence-electron chi connectivity index (χ4n) is 3.09. The van der Waals surface area contributed by atoms with Crippen molar-refractivity contribution in [2.24, 2.45) is 5.41 Å². The minimum absolute atomic E-state index is 0.0418. The Bertz CT molecular complexity index is 1040. The third-order valence-corrected chi connectivity index (χ3v) is 4.17. The quantitative estimate of drug-likeness (QED) is 0.518. The summed E-state index contributed by atoms with van der Waals surface area (Å²) in [6.45, 7) is 11.0. The van der Waals surface area contributed by atoms with Crippen LogP contribution in [0.25, 0.3) is 22.4 Å². The monoisotopic (exact) mass is 349 g/mol. The van der Waals surface area contributed by atoms with E-state index in [4.69, 9.17) is 4.98 Å². The van der Waals surface area contributed by atoms with E-state index < -0.39 is 0 Å². The van der Waals surface area contributed by atoms with Gasteiger partial charge in [0.1, 0.15) is 0 Å². The van der Waals surface area contributed by atoms with Gasteiger partial charge < -0.3 is 0 Å². The molecule has 26 heavy (non-hydrogen) atoms. The first-order valence-electron chi connectivity index (χ1n) is 8.61. The molecule has 0 bridgehead atoms. The van der Waals surface area contributed by atoms with E-state index in [9.17, 15) is 9.59 Å². The van der Waals surface area contributed by atoms with Crippen LogP contribution in [0.1, 0.15) is 31.1 Å². The van der Waals surface area contributed by atoms with Crippen LogP contribution >= 0.6 is 0 Å². The molecular weight excluding hydrogens is 326 g/mol. The number of hydrogen-bond donors (Lipinski definition) is 0. The zero-order valence-electron chi connectivity index (χ0n) is 15.4. The van der Waals surface area contributed by atoms with Gasteiger partial charge in [-0.2, -0.15) is 0 Å². The number of nitrogens with zero attached hydrogens (tertiary/aromatic N) is 3. The van der Waals surface area contributed by atoms with E-state index >= 15 is 0 Å². The molecule has 5 nitrogen and oxygen atoms in total. The Kier molecular flexibility index (Phi) is 4.64. The van der Waals surface area contributed by atoms with Crippen molar-refractivity contribution in [1.82, 2.24) is 14.1 Å². The van der Waals surface area contributed by atoms with Crippen molar-refractivity contribution in [2.45, 2.75) is 33.9 Å². The molecule has 0 saturated carbocycles. The molecule has 0 aliphatic heterocycles. The maximum atomic E-state index is 12.9. The number of fused-ring (bicyclic) bond motifs is 1. The minimum Gasteiger partial charge on any atom is -0.298 e. The molecule has 3 aromatic rings. The minimum atomic E-state index is -0.0943. The average molecular weight is 349 g/mol. The summed E-state index contributed by atoms with van der Waals surface area (Å²) in [7, 11) is 0. The van der Waals surface area contributed by atoms with Gasteiger partial charge in [-0.3, -0.25) is 13.9 Å². The molecule has 0 unspecified atom stereocenters. The van der Waals surface area contributed by atoms with Crippen molar-refractivity contribution in [1.29, 1.82) is 0 Å². The zero-order chi connectivity index (χ0) is 18.9. The highest BCUT2D eigenvalue weighted by Crippen LogP contribution is 2.25. The first-order chi connectivity index (χ1) is 12.4. The summed E-state index contributed by atoms with van der Waals surface area (Å²) >= 11 is 0. The number of carbonyl (C=O) groups excluding carboxylic acids is 1. The molecule has 0 N–H and O–H groups in total. The standard InChI is InChI=1S/C21H23N3O2/c1-5-12-23-19-18(24(20(23)26)14-21(2,3)4)11-10-17(22-19)16-9-7-6-8-15(16)13-25/h5-11,13H,1,12,14H2,2-4H3. The van der Waals surface area contributed by atoms with Gasteiger partial charge in [-0.1, -0.05) is 51.1 Å². The number of aromatic nitrogens is 3. The second-order valence-corrected chi connectivity index (χ2v) is 7.57. The van der Waals surface area contributed by atoms with Gasteiger partial charge in [0, 0.05) is 24.2 Å². The van der Waals surface area contributed by atoms with E-state index in [0.29, 0.717) is 30.0 Å². The van der Waals surface area contributed by atoms with Gasteiger partial charge >= 0.3 is 5.69 Å². The fourth-order valence-corrected chi connectivity index (χ4v) is 3.09. The number of benzene rings is 1. The topological polar surface area (TPSA) is 56.9 Å². The van der Waals surface area contributed by atoms with Crippen molar-refractivity contribution in [3.8, 4) is 11.3 Å². The molecule has 0 atom stereocenters. The number of imidazole rings is 1. The fraction of sp³-hybridized carbons (Fsp3) is 0.286. The number of pyridine rings is 1. The van der Waals surface area contributed by atoms with Gasteiger partial charge in [0.25, 0.3) is 0 Å². The van der Waals surface area contributed by atoms with Gasteiger partial charge in [-0.05, 0) is 17.5 Å². The van der Waals surface area contributed by atoms with Gasteiger partial charge in [0.2, 0.25) is 0 Å². The summed E-state index contributed by atoms with van der Waals surface area (Å²) in [4.78, 5) is 29.0. The van der Waals surface area contributed by atoms with Gasteiger partial charge in [0.15, 0.2) is 11.9 Å². The second kappa shape index (κ2) is 6.75. The largest absolute Gasteiger partial charge is 0.330 e. The summed E-state index contributed by atoms with van der Waals surface area (Å²) in [6, 6.07) is 11.1. The third kappa shape index (κ3) is 3.25. The lowest BCUT2D eigenvalue weighted by Crippen LogP contribution is -2.28. The zero-order valence-corrected chi connectivity index (χ0v) is 15.4. The van der Waals surface area contributed by atoms with Crippen LogP contribution in [0.4, 0.5) is 0 Å². The molecule has 5 heteroatoms. The van der Waals surface area contributed by atoms with Crippen LogP contribution in [0.2, 0.25) is 0 Å². The summed E-state index contributed by atoms with van der Waals surface area (Å²) in [6.07, 6.45) is 2.51. The number of hydrogen-bond acceptors (Lipinski definition) is 3. The predicted molar refractivity (Wildman–Crippen MR) is 104 cm³/mol. The Balaban J connectivity index is 2.26. The molecule has 1 aromatic carbocycles. The van der Waals surface area contributed by atoms with Gasteiger partial charge in [0.05, 0.1) is 11.2 Å². The molecule has 3 rings (SSSR count). The van der Waals surface area contributed by atoms with Crippen LogP contribution in [0.5, 0.6) is 0 Å². The smallest absolute Gasteiger partial charge is 0.298 e. The van der Waals surface area contributed by atoms with Crippen LogP contribution in [-0.2, 0) is 13.1 Å². The van der Waals surface area contributed by atoms with Crippen molar-refractivity contribution >= 4 is 17.5 Å². The molecular formula is C21H23N3O2. The number of allylic oxidation sites excluding steroid dienone is 1. The molecule has 0 fully saturated rings. The van der Waals surface area contributed by atoms with Crippen LogP contribution in [-0.4, -0.2) is 20.4 Å². The van der Waals surface area contributed by atoms with Crippen molar-refractivity contribution in [2.75, 3.05) is 0 Å². The van der Waals surface area contributed by atoms with Crippen LogP contribution in [0.15, 0.2) is 53.8 Å². The highest BCUT2D eigenvalue weighted by Gasteiger charge is 2.20. The number of rotatable bonds is 5. The lowest BCUT2D eigenvalue weighted by molar-refractivity contribution is 0.112. The molecule has 0 aliphatic rings. The maximum Gasteiger partial charge on any atom is 0.330 e. The summed E-state index contributed by atoms with van der Waals surface area (Å²) in [5.41, 5.74) is 3.27. The first-order valence-corrected chi connectivity index (χ1v) is 8.61. The van der Waals surface area contributed by atoms with E-state index in [-0.39, 0.29) is 11.1 Å². The second-order valence-electron chi connectivity index (χ2n) is 7.57. The third-order valence-electron chi connectivity index (χ3n) is 4.17. The lowest BCUT2D eigenvalue weighted by Gasteiger charge is -2.18. The molecule has 0 spiro atoms.